The Hall–Kier alpha value is -1.00. The molecule has 1 aromatic carbocycles. The van der Waals surface area contributed by atoms with Crippen LogP contribution in [0.2, 0.25) is 0 Å². The van der Waals surface area contributed by atoms with Gasteiger partial charge in [-0.15, -0.1) is 0 Å². The molecule has 1 aromatic rings. The lowest BCUT2D eigenvalue weighted by Crippen LogP contribution is -2.42. The number of halogens is 2. The average Bonchev–Trinajstić information content (AvgIpc) is 2.29. The van der Waals surface area contributed by atoms with Crippen LogP contribution in [0.15, 0.2) is 18.2 Å². The molecule has 0 spiro atoms. The molecule has 2 N–H and O–H groups in total. The second-order valence-corrected chi connectivity index (χ2v) is 5.36. The Kier molecular flexibility index (Phi) is 4.30. The largest absolute Gasteiger partial charge is 0.328 e. The van der Waals surface area contributed by atoms with Crippen LogP contribution in [-0.4, -0.2) is 31.1 Å². The number of rotatable bonds is 5. The highest BCUT2D eigenvalue weighted by atomic mass is 19.2. The van der Waals surface area contributed by atoms with Gasteiger partial charge in [0.2, 0.25) is 0 Å². The van der Waals surface area contributed by atoms with E-state index in [1.165, 1.54) is 12.1 Å². The van der Waals surface area contributed by atoms with Crippen LogP contribution in [0.5, 0.6) is 0 Å². The van der Waals surface area contributed by atoms with Gasteiger partial charge in [0.15, 0.2) is 11.6 Å². The molecular weight excluding hydrogens is 234 g/mol. The van der Waals surface area contributed by atoms with Crippen molar-refractivity contribution in [3.63, 3.8) is 0 Å². The fourth-order valence-corrected chi connectivity index (χ4v) is 2.48. The second-order valence-electron chi connectivity index (χ2n) is 5.36. The molecule has 1 saturated carbocycles. The highest BCUT2D eigenvalue weighted by Crippen LogP contribution is 2.26. The van der Waals surface area contributed by atoms with Gasteiger partial charge in [0, 0.05) is 19.1 Å². The van der Waals surface area contributed by atoms with Crippen LogP contribution in [-0.2, 0) is 6.42 Å². The van der Waals surface area contributed by atoms with Gasteiger partial charge in [-0.1, -0.05) is 6.07 Å². The summed E-state index contributed by atoms with van der Waals surface area (Å²) in [6.07, 6.45) is 2.96. The van der Waals surface area contributed by atoms with E-state index in [0.717, 1.165) is 37.9 Å². The van der Waals surface area contributed by atoms with Gasteiger partial charge in [-0.3, -0.25) is 0 Å². The number of hydrogen-bond acceptors (Lipinski definition) is 2. The summed E-state index contributed by atoms with van der Waals surface area (Å²) in [4.78, 5) is 2.23. The Morgan fingerprint density at radius 2 is 2.00 bits per heavy atom. The molecule has 1 aliphatic carbocycles. The molecule has 0 bridgehead atoms. The molecule has 1 fully saturated rings. The molecule has 0 radical (unpaired) electrons. The second kappa shape index (κ2) is 5.76. The average molecular weight is 254 g/mol. The van der Waals surface area contributed by atoms with Crippen LogP contribution in [0.25, 0.3) is 0 Å². The third kappa shape index (κ3) is 3.50. The highest BCUT2D eigenvalue weighted by molar-refractivity contribution is 5.18. The number of hydrogen-bond donors (Lipinski definition) is 1. The normalized spacial score (nSPS) is 23.2. The molecule has 2 nitrogen and oxygen atoms in total. The lowest BCUT2D eigenvalue weighted by molar-refractivity contribution is 0.183. The Bertz CT molecular complexity index is 403. The first-order valence-electron chi connectivity index (χ1n) is 6.42. The van der Waals surface area contributed by atoms with Crippen LogP contribution >= 0.6 is 0 Å². The molecule has 0 aromatic heterocycles. The van der Waals surface area contributed by atoms with E-state index in [9.17, 15) is 8.78 Å². The number of nitrogens with two attached hydrogens (primary N) is 1. The molecule has 18 heavy (non-hydrogen) atoms. The van der Waals surface area contributed by atoms with Crippen LogP contribution < -0.4 is 5.73 Å². The number of nitrogens with zero attached hydrogens (tertiary/aromatic N) is 1. The van der Waals surface area contributed by atoms with Crippen molar-refractivity contribution in [2.45, 2.75) is 25.3 Å². The summed E-state index contributed by atoms with van der Waals surface area (Å²) in [5, 5.41) is 0. The Labute approximate surface area is 107 Å². The minimum atomic E-state index is -0.782. The molecule has 0 saturated heterocycles. The minimum Gasteiger partial charge on any atom is -0.328 e. The van der Waals surface area contributed by atoms with Crippen LogP contribution in [0.3, 0.4) is 0 Å². The fourth-order valence-electron chi connectivity index (χ4n) is 2.48. The van der Waals surface area contributed by atoms with Gasteiger partial charge in [0.1, 0.15) is 0 Å². The molecule has 0 aliphatic heterocycles. The third-order valence-corrected chi connectivity index (χ3v) is 3.61. The van der Waals surface area contributed by atoms with E-state index in [-0.39, 0.29) is 0 Å². The van der Waals surface area contributed by atoms with E-state index in [1.807, 2.05) is 0 Å². The number of likely N-dealkylation sites (N-methyl/N-ethyl adjacent to an activating group) is 1. The summed E-state index contributed by atoms with van der Waals surface area (Å²) in [7, 11) is 2.06. The third-order valence-electron chi connectivity index (χ3n) is 3.61. The van der Waals surface area contributed by atoms with Gasteiger partial charge in [0.05, 0.1) is 0 Å². The maximum absolute atomic E-state index is 13.0. The lowest BCUT2D eigenvalue weighted by Gasteiger charge is -2.35. The summed E-state index contributed by atoms with van der Waals surface area (Å²) >= 11 is 0. The van der Waals surface area contributed by atoms with Crippen LogP contribution in [0.4, 0.5) is 8.78 Å². The van der Waals surface area contributed by atoms with E-state index in [2.05, 4.69) is 11.9 Å². The monoisotopic (exact) mass is 254 g/mol. The molecule has 2 rings (SSSR count). The first kappa shape index (κ1) is 13.4. The molecule has 1 aliphatic rings. The quantitative estimate of drug-likeness (QED) is 0.872. The zero-order valence-corrected chi connectivity index (χ0v) is 10.7. The van der Waals surface area contributed by atoms with E-state index in [4.69, 9.17) is 5.73 Å². The summed E-state index contributed by atoms with van der Waals surface area (Å²) in [6.45, 7) is 1.90. The van der Waals surface area contributed by atoms with Gasteiger partial charge in [0.25, 0.3) is 0 Å². The maximum Gasteiger partial charge on any atom is 0.159 e. The summed E-state index contributed by atoms with van der Waals surface area (Å²) in [5.41, 5.74) is 6.58. The molecule has 0 atom stereocenters. The van der Waals surface area contributed by atoms with Gasteiger partial charge >= 0.3 is 0 Å². The van der Waals surface area contributed by atoms with Crippen molar-refractivity contribution in [2.24, 2.45) is 11.7 Å². The van der Waals surface area contributed by atoms with E-state index < -0.39 is 11.6 Å². The number of benzene rings is 1. The van der Waals surface area contributed by atoms with Crippen molar-refractivity contribution in [1.29, 1.82) is 0 Å². The zero-order chi connectivity index (χ0) is 13.1. The zero-order valence-electron chi connectivity index (χ0n) is 10.7. The molecule has 0 heterocycles. The van der Waals surface area contributed by atoms with Crippen molar-refractivity contribution in [3.05, 3.63) is 35.4 Å². The molecule has 4 heteroatoms. The van der Waals surface area contributed by atoms with Crippen LogP contribution in [0.1, 0.15) is 18.4 Å². The summed E-state index contributed by atoms with van der Waals surface area (Å²) in [6, 6.07) is 4.50. The molecular formula is C14H20F2N2. The first-order valence-corrected chi connectivity index (χ1v) is 6.42. The van der Waals surface area contributed by atoms with E-state index in [1.54, 1.807) is 6.07 Å². The lowest BCUT2D eigenvalue weighted by atomic mass is 9.80. The first-order chi connectivity index (χ1) is 8.54. The van der Waals surface area contributed by atoms with Crippen molar-refractivity contribution >= 4 is 0 Å². The van der Waals surface area contributed by atoms with Crippen molar-refractivity contribution in [3.8, 4) is 0 Å². The Balaban J connectivity index is 1.74. The van der Waals surface area contributed by atoms with Gasteiger partial charge in [-0.2, -0.15) is 0 Å². The fraction of sp³-hybridized carbons (Fsp3) is 0.571. The minimum absolute atomic E-state index is 0.384. The molecule has 100 valence electrons. The van der Waals surface area contributed by atoms with E-state index >= 15 is 0 Å². The predicted molar refractivity (Wildman–Crippen MR) is 68.3 cm³/mol. The Morgan fingerprint density at radius 3 is 2.61 bits per heavy atom. The highest BCUT2D eigenvalue weighted by Gasteiger charge is 2.26. The van der Waals surface area contributed by atoms with Crippen molar-refractivity contribution < 1.29 is 8.78 Å². The predicted octanol–water partition coefficient (Wildman–Crippen LogP) is 2.18. The van der Waals surface area contributed by atoms with Gasteiger partial charge in [-0.05, 0) is 49.9 Å². The topological polar surface area (TPSA) is 29.3 Å². The smallest absolute Gasteiger partial charge is 0.159 e. The van der Waals surface area contributed by atoms with E-state index in [0.29, 0.717) is 12.0 Å². The SMILES string of the molecule is CN(CCc1ccc(F)c(F)c1)CC1CC(N)C1. The molecule has 0 unspecified atom stereocenters. The summed E-state index contributed by atoms with van der Waals surface area (Å²) in [5.74, 6) is -0.842. The molecule has 0 amide bonds. The van der Waals surface area contributed by atoms with Gasteiger partial charge < -0.3 is 10.6 Å². The Morgan fingerprint density at radius 1 is 1.28 bits per heavy atom. The standard InChI is InChI=1S/C14H20F2N2/c1-18(9-11-6-12(17)7-11)5-4-10-2-3-13(15)14(16)8-10/h2-3,8,11-12H,4-7,9,17H2,1H3. The van der Waals surface area contributed by atoms with Crippen molar-refractivity contribution in [1.82, 2.24) is 4.90 Å². The maximum atomic E-state index is 13.0. The van der Waals surface area contributed by atoms with Crippen molar-refractivity contribution in [2.75, 3.05) is 20.1 Å². The van der Waals surface area contributed by atoms with Crippen LogP contribution in [0, 0.1) is 17.6 Å². The summed E-state index contributed by atoms with van der Waals surface area (Å²) < 4.78 is 25.8. The van der Waals surface area contributed by atoms with Gasteiger partial charge in [-0.25, -0.2) is 8.78 Å².